The number of carbonyl (C=O) groups excluding carboxylic acids is 1. The molecule has 0 spiro atoms. The lowest BCUT2D eigenvalue weighted by molar-refractivity contribution is 0.103. The summed E-state index contributed by atoms with van der Waals surface area (Å²) in [6.07, 6.45) is 1.58. The van der Waals surface area contributed by atoms with E-state index in [4.69, 9.17) is 5.73 Å². The Morgan fingerprint density at radius 2 is 2.00 bits per heavy atom. The summed E-state index contributed by atoms with van der Waals surface area (Å²) in [5, 5.41) is 0. The lowest BCUT2D eigenvalue weighted by Crippen LogP contribution is -2.06. The number of carbonyl (C=O) groups is 1. The summed E-state index contributed by atoms with van der Waals surface area (Å²) in [6, 6.07) is 11.0. The third-order valence-corrected chi connectivity index (χ3v) is 3.40. The summed E-state index contributed by atoms with van der Waals surface area (Å²) in [6.45, 7) is 2.10. The molecule has 18 heavy (non-hydrogen) atoms. The van der Waals surface area contributed by atoms with Crippen molar-refractivity contribution in [3.8, 4) is 0 Å². The average molecular weight is 258 g/mol. The number of pyridine rings is 1. The van der Waals surface area contributed by atoms with E-state index < -0.39 is 0 Å². The molecule has 1 aromatic heterocycles. The molecular formula is C14H14N2OS. The van der Waals surface area contributed by atoms with E-state index in [1.807, 2.05) is 24.3 Å². The van der Waals surface area contributed by atoms with Gasteiger partial charge < -0.3 is 5.73 Å². The Labute approximate surface area is 110 Å². The Morgan fingerprint density at radius 3 is 2.61 bits per heavy atom. The van der Waals surface area contributed by atoms with Gasteiger partial charge in [0.15, 0.2) is 5.78 Å². The van der Waals surface area contributed by atoms with E-state index in [0.29, 0.717) is 11.1 Å². The molecule has 0 fully saturated rings. The predicted octanol–water partition coefficient (Wildman–Crippen LogP) is 3.01. The number of nitrogen functional groups attached to an aromatic ring is 1. The molecule has 0 unspecified atom stereocenters. The van der Waals surface area contributed by atoms with Crippen molar-refractivity contribution in [2.75, 3.05) is 11.5 Å². The number of thioether (sulfide) groups is 1. The minimum Gasteiger partial charge on any atom is -0.383 e. The number of hydrogen-bond acceptors (Lipinski definition) is 4. The van der Waals surface area contributed by atoms with Gasteiger partial charge in [-0.3, -0.25) is 4.79 Å². The first-order valence-electron chi connectivity index (χ1n) is 5.70. The number of nitrogens with zero attached hydrogens (tertiary/aromatic N) is 1. The van der Waals surface area contributed by atoms with Crippen LogP contribution in [0.5, 0.6) is 0 Å². The van der Waals surface area contributed by atoms with Crippen molar-refractivity contribution in [2.24, 2.45) is 0 Å². The Kier molecular flexibility index (Phi) is 3.99. The summed E-state index contributed by atoms with van der Waals surface area (Å²) < 4.78 is 0. The van der Waals surface area contributed by atoms with Gasteiger partial charge >= 0.3 is 0 Å². The van der Waals surface area contributed by atoms with Crippen molar-refractivity contribution in [1.29, 1.82) is 0 Å². The van der Waals surface area contributed by atoms with Crippen molar-refractivity contribution < 1.29 is 4.79 Å². The summed E-state index contributed by atoms with van der Waals surface area (Å²) >= 11 is 1.75. The maximum Gasteiger partial charge on any atom is 0.196 e. The second kappa shape index (κ2) is 5.69. The highest BCUT2D eigenvalue weighted by Crippen LogP contribution is 2.20. The molecular weight excluding hydrogens is 244 g/mol. The highest BCUT2D eigenvalue weighted by Gasteiger charge is 2.12. The first kappa shape index (κ1) is 12.6. The predicted molar refractivity (Wildman–Crippen MR) is 74.9 cm³/mol. The molecule has 0 atom stereocenters. The molecule has 2 rings (SSSR count). The lowest BCUT2D eigenvalue weighted by atomic mass is 10.0. The van der Waals surface area contributed by atoms with Gasteiger partial charge in [-0.1, -0.05) is 6.92 Å². The molecule has 92 valence electrons. The Morgan fingerprint density at radius 1 is 1.28 bits per heavy atom. The molecule has 0 bridgehead atoms. The highest BCUT2D eigenvalue weighted by molar-refractivity contribution is 7.99. The van der Waals surface area contributed by atoms with Crippen LogP contribution in [0.3, 0.4) is 0 Å². The average Bonchev–Trinajstić information content (AvgIpc) is 2.40. The monoisotopic (exact) mass is 258 g/mol. The van der Waals surface area contributed by atoms with Crippen molar-refractivity contribution in [1.82, 2.24) is 4.98 Å². The normalized spacial score (nSPS) is 10.3. The molecule has 0 aliphatic heterocycles. The summed E-state index contributed by atoms with van der Waals surface area (Å²) in [7, 11) is 0. The highest BCUT2D eigenvalue weighted by atomic mass is 32.2. The second-order valence-corrected chi connectivity index (χ2v) is 5.06. The molecule has 2 N–H and O–H groups in total. The van der Waals surface area contributed by atoms with Crippen LogP contribution in [0, 0.1) is 0 Å². The first-order chi connectivity index (χ1) is 8.72. The van der Waals surface area contributed by atoms with Gasteiger partial charge in [-0.05, 0) is 42.2 Å². The standard InChI is InChI=1S/C14H14N2OS/c1-2-18-11-7-5-10(6-8-11)13(17)12-4-3-9-16-14(12)15/h3-9H,2H2,1H3,(H2,15,16). The van der Waals surface area contributed by atoms with Crippen LogP contribution in [0.15, 0.2) is 47.5 Å². The van der Waals surface area contributed by atoms with Gasteiger partial charge in [0.1, 0.15) is 5.82 Å². The number of benzene rings is 1. The van der Waals surface area contributed by atoms with Crippen molar-refractivity contribution in [2.45, 2.75) is 11.8 Å². The Balaban J connectivity index is 2.27. The molecule has 0 radical (unpaired) electrons. The number of rotatable bonds is 4. The molecule has 1 heterocycles. The molecule has 0 amide bonds. The van der Waals surface area contributed by atoms with Gasteiger partial charge in [0, 0.05) is 16.7 Å². The maximum atomic E-state index is 12.2. The fraction of sp³-hybridized carbons (Fsp3) is 0.143. The molecule has 3 nitrogen and oxygen atoms in total. The topological polar surface area (TPSA) is 56.0 Å². The van der Waals surface area contributed by atoms with Crippen LogP contribution in [0.2, 0.25) is 0 Å². The van der Waals surface area contributed by atoms with Crippen molar-refractivity contribution in [3.05, 3.63) is 53.7 Å². The second-order valence-electron chi connectivity index (χ2n) is 3.72. The SMILES string of the molecule is CCSc1ccc(C(=O)c2cccnc2N)cc1. The smallest absolute Gasteiger partial charge is 0.196 e. The van der Waals surface area contributed by atoms with Gasteiger partial charge in [-0.15, -0.1) is 11.8 Å². The van der Waals surface area contributed by atoms with Gasteiger partial charge in [-0.25, -0.2) is 4.98 Å². The van der Waals surface area contributed by atoms with E-state index >= 15 is 0 Å². The molecule has 4 heteroatoms. The molecule has 0 aliphatic rings. The van der Waals surface area contributed by atoms with Crippen LogP contribution < -0.4 is 5.73 Å². The molecule has 0 saturated carbocycles. The number of aromatic nitrogens is 1. The van der Waals surface area contributed by atoms with Crippen molar-refractivity contribution in [3.63, 3.8) is 0 Å². The number of hydrogen-bond donors (Lipinski definition) is 1. The minimum absolute atomic E-state index is 0.0892. The number of nitrogens with two attached hydrogens (primary N) is 1. The summed E-state index contributed by atoms with van der Waals surface area (Å²) in [4.78, 5) is 17.3. The van der Waals surface area contributed by atoms with E-state index in [9.17, 15) is 4.79 Å². The first-order valence-corrected chi connectivity index (χ1v) is 6.69. The van der Waals surface area contributed by atoms with E-state index in [0.717, 1.165) is 10.6 Å². The zero-order valence-corrected chi connectivity index (χ0v) is 10.9. The van der Waals surface area contributed by atoms with E-state index in [1.54, 1.807) is 30.1 Å². The van der Waals surface area contributed by atoms with E-state index in [1.165, 1.54) is 0 Å². The van der Waals surface area contributed by atoms with Crippen LogP contribution in [0.1, 0.15) is 22.8 Å². The third-order valence-electron chi connectivity index (χ3n) is 2.51. The third kappa shape index (κ3) is 2.71. The maximum absolute atomic E-state index is 12.2. The molecule has 1 aromatic carbocycles. The molecule has 2 aromatic rings. The minimum atomic E-state index is -0.0892. The molecule has 0 aliphatic carbocycles. The van der Waals surface area contributed by atoms with Crippen molar-refractivity contribution >= 4 is 23.4 Å². The van der Waals surface area contributed by atoms with Crippen LogP contribution in [-0.4, -0.2) is 16.5 Å². The lowest BCUT2D eigenvalue weighted by Gasteiger charge is -2.04. The van der Waals surface area contributed by atoms with E-state index in [-0.39, 0.29) is 11.6 Å². The van der Waals surface area contributed by atoms with Crippen LogP contribution >= 0.6 is 11.8 Å². The fourth-order valence-corrected chi connectivity index (χ4v) is 2.30. The summed E-state index contributed by atoms with van der Waals surface area (Å²) in [5.74, 6) is 1.20. The Hall–Kier alpha value is -1.81. The zero-order chi connectivity index (χ0) is 13.0. The largest absolute Gasteiger partial charge is 0.383 e. The van der Waals surface area contributed by atoms with E-state index in [2.05, 4.69) is 11.9 Å². The number of anilines is 1. The Bertz CT molecular complexity index is 552. The van der Waals surface area contributed by atoms with Crippen LogP contribution in [0.25, 0.3) is 0 Å². The van der Waals surface area contributed by atoms with Gasteiger partial charge in [0.2, 0.25) is 0 Å². The van der Waals surface area contributed by atoms with Crippen LogP contribution in [0.4, 0.5) is 5.82 Å². The quantitative estimate of drug-likeness (QED) is 0.676. The molecule has 0 saturated heterocycles. The van der Waals surface area contributed by atoms with Gasteiger partial charge in [0.25, 0.3) is 0 Å². The van der Waals surface area contributed by atoms with Gasteiger partial charge in [-0.2, -0.15) is 0 Å². The number of ketones is 1. The van der Waals surface area contributed by atoms with Crippen LogP contribution in [-0.2, 0) is 0 Å². The summed E-state index contributed by atoms with van der Waals surface area (Å²) in [5.41, 5.74) is 6.79. The fourth-order valence-electron chi connectivity index (χ4n) is 1.63. The zero-order valence-electron chi connectivity index (χ0n) is 10.1. The van der Waals surface area contributed by atoms with Gasteiger partial charge in [0.05, 0.1) is 5.56 Å².